The highest BCUT2D eigenvalue weighted by molar-refractivity contribution is 7.92. The maximum absolute atomic E-state index is 12.5. The van der Waals surface area contributed by atoms with Gasteiger partial charge in [0.2, 0.25) is 10.0 Å². The molecule has 0 radical (unpaired) electrons. The summed E-state index contributed by atoms with van der Waals surface area (Å²) in [6, 6.07) is 13.8. The molecule has 1 aliphatic heterocycles. The molecule has 4 N–H and O–H groups in total. The van der Waals surface area contributed by atoms with Crippen LogP contribution in [0.2, 0.25) is 0 Å². The second-order valence-electron chi connectivity index (χ2n) is 8.62. The van der Waals surface area contributed by atoms with Crippen molar-refractivity contribution in [3.8, 4) is 33.8 Å². The van der Waals surface area contributed by atoms with Crippen LogP contribution in [0.4, 0.5) is 17.2 Å². The van der Waals surface area contributed by atoms with Gasteiger partial charge >= 0.3 is 0 Å². The molecule has 2 aromatic carbocycles. The first-order chi connectivity index (χ1) is 17.3. The summed E-state index contributed by atoms with van der Waals surface area (Å²) in [5.41, 5.74) is 11.0. The Balaban J connectivity index is 1.72. The maximum Gasteiger partial charge on any atom is 0.232 e. The lowest BCUT2D eigenvalue weighted by Gasteiger charge is -2.29. The van der Waals surface area contributed by atoms with Crippen LogP contribution < -0.4 is 30.1 Å². The molecule has 0 amide bonds. The summed E-state index contributed by atoms with van der Waals surface area (Å²) >= 11 is 0. The summed E-state index contributed by atoms with van der Waals surface area (Å²) in [5, 5.41) is 3.37. The molecule has 0 bridgehead atoms. The molecular formula is C26H33N5O4S. The molecule has 1 aromatic heterocycles. The van der Waals surface area contributed by atoms with Gasteiger partial charge < -0.3 is 25.4 Å². The van der Waals surface area contributed by atoms with E-state index in [9.17, 15) is 8.42 Å². The number of piperazine rings is 1. The summed E-state index contributed by atoms with van der Waals surface area (Å²) in [4.78, 5) is 6.78. The zero-order valence-electron chi connectivity index (χ0n) is 20.9. The number of rotatable bonds is 9. The smallest absolute Gasteiger partial charge is 0.232 e. The van der Waals surface area contributed by atoms with Crippen LogP contribution in [-0.2, 0) is 10.0 Å². The number of hydrogen-bond donors (Lipinski definition) is 3. The number of aromatic nitrogens is 1. The van der Waals surface area contributed by atoms with E-state index < -0.39 is 10.0 Å². The Morgan fingerprint density at radius 2 is 1.75 bits per heavy atom. The first kappa shape index (κ1) is 25.6. The lowest BCUT2D eigenvalue weighted by molar-refractivity contribution is 0.356. The van der Waals surface area contributed by atoms with Crippen LogP contribution in [0.25, 0.3) is 22.3 Å². The van der Waals surface area contributed by atoms with E-state index in [-0.39, 0.29) is 11.4 Å². The van der Waals surface area contributed by atoms with E-state index >= 15 is 0 Å². The van der Waals surface area contributed by atoms with Gasteiger partial charge in [0.1, 0.15) is 5.82 Å². The minimum Gasteiger partial charge on any atom is -0.493 e. The molecule has 0 aliphatic carbocycles. The fraction of sp³-hybridized carbons (Fsp3) is 0.346. The number of methoxy groups -OCH3 is 2. The number of anilines is 3. The molecule has 3 aromatic rings. The highest BCUT2D eigenvalue weighted by Crippen LogP contribution is 2.42. The number of nitrogens with two attached hydrogens (primary N) is 1. The van der Waals surface area contributed by atoms with Crippen molar-refractivity contribution in [1.82, 2.24) is 10.3 Å². The third kappa shape index (κ3) is 5.66. The molecule has 192 valence electrons. The predicted molar refractivity (Wildman–Crippen MR) is 145 cm³/mol. The van der Waals surface area contributed by atoms with Gasteiger partial charge in [0, 0.05) is 49.2 Å². The largest absolute Gasteiger partial charge is 0.493 e. The highest BCUT2D eigenvalue weighted by Gasteiger charge is 2.20. The van der Waals surface area contributed by atoms with Crippen LogP contribution in [0.15, 0.2) is 48.7 Å². The van der Waals surface area contributed by atoms with Crippen molar-refractivity contribution in [2.24, 2.45) is 0 Å². The van der Waals surface area contributed by atoms with Crippen molar-refractivity contribution in [3.05, 3.63) is 48.7 Å². The molecule has 0 saturated carbocycles. The number of nitrogens with zero attached hydrogens (tertiary/aromatic N) is 2. The first-order valence-corrected chi connectivity index (χ1v) is 13.6. The van der Waals surface area contributed by atoms with E-state index in [1.54, 1.807) is 18.3 Å². The molecule has 1 fully saturated rings. The van der Waals surface area contributed by atoms with Crippen LogP contribution in [0.3, 0.4) is 0 Å². The van der Waals surface area contributed by atoms with E-state index in [1.165, 1.54) is 19.9 Å². The lowest BCUT2D eigenvalue weighted by Crippen LogP contribution is -2.43. The number of nitrogen functional groups attached to an aromatic ring is 1. The van der Waals surface area contributed by atoms with E-state index in [0.29, 0.717) is 34.9 Å². The molecule has 1 saturated heterocycles. The second kappa shape index (κ2) is 11.0. The molecule has 36 heavy (non-hydrogen) atoms. The van der Waals surface area contributed by atoms with Crippen molar-refractivity contribution in [2.45, 2.75) is 13.3 Å². The van der Waals surface area contributed by atoms with Crippen LogP contribution >= 0.6 is 0 Å². The second-order valence-corrected chi connectivity index (χ2v) is 10.5. The molecule has 9 nitrogen and oxygen atoms in total. The summed E-state index contributed by atoms with van der Waals surface area (Å²) in [5.74, 6) is 0.999. The van der Waals surface area contributed by atoms with Gasteiger partial charge in [-0.05, 0) is 47.9 Å². The molecule has 1 aliphatic rings. The molecular weight excluding hydrogens is 478 g/mol. The summed E-state index contributed by atoms with van der Waals surface area (Å²) in [6.45, 7) is 5.73. The number of pyridine rings is 1. The van der Waals surface area contributed by atoms with Gasteiger partial charge in [0.25, 0.3) is 0 Å². The third-order valence-corrected chi connectivity index (χ3v) is 7.61. The van der Waals surface area contributed by atoms with Crippen LogP contribution in [0, 0.1) is 0 Å². The SMILES string of the molecule is CCCS(=O)(=O)Nc1cc(-c2cc(-c3ccc(N4CCNCC4)cc3)cnc2N)cc(OC)c1OC. The fourth-order valence-electron chi connectivity index (χ4n) is 4.34. The topological polar surface area (TPSA) is 119 Å². The van der Waals surface area contributed by atoms with Gasteiger partial charge in [-0.3, -0.25) is 4.72 Å². The highest BCUT2D eigenvalue weighted by atomic mass is 32.2. The van der Waals surface area contributed by atoms with E-state index in [0.717, 1.165) is 37.3 Å². The summed E-state index contributed by atoms with van der Waals surface area (Å²) in [7, 11) is -0.584. The Morgan fingerprint density at radius 1 is 1.03 bits per heavy atom. The average molecular weight is 512 g/mol. The molecule has 0 atom stereocenters. The number of nitrogens with one attached hydrogen (secondary N) is 2. The van der Waals surface area contributed by atoms with E-state index in [1.807, 2.05) is 13.0 Å². The Morgan fingerprint density at radius 3 is 2.39 bits per heavy atom. The zero-order valence-corrected chi connectivity index (χ0v) is 21.7. The van der Waals surface area contributed by atoms with Crippen LogP contribution in [-0.4, -0.2) is 59.6 Å². The van der Waals surface area contributed by atoms with Gasteiger partial charge in [-0.15, -0.1) is 0 Å². The van der Waals surface area contributed by atoms with Gasteiger partial charge in [-0.25, -0.2) is 13.4 Å². The normalized spacial score (nSPS) is 13.9. The maximum atomic E-state index is 12.5. The molecule has 4 rings (SSSR count). The standard InChI is InChI=1S/C26H33N5O4S/c1-4-13-36(32,33)30-23-15-19(16-24(34-2)25(23)35-3)22-14-20(17-29-26(22)27)18-5-7-21(8-6-18)31-11-9-28-10-12-31/h5-8,14-17,28,30H,4,9-13H2,1-3H3,(H2,27,29). The monoisotopic (exact) mass is 511 g/mol. The minimum absolute atomic E-state index is 0.00812. The van der Waals surface area contributed by atoms with E-state index in [4.69, 9.17) is 15.2 Å². The van der Waals surface area contributed by atoms with Gasteiger partial charge in [0.15, 0.2) is 11.5 Å². The minimum atomic E-state index is -3.56. The fourth-order valence-corrected chi connectivity index (χ4v) is 5.46. The van der Waals surface area contributed by atoms with Gasteiger partial charge in [-0.2, -0.15) is 0 Å². The summed E-state index contributed by atoms with van der Waals surface area (Å²) < 4.78 is 38.6. The van der Waals surface area contributed by atoms with Gasteiger partial charge in [-0.1, -0.05) is 19.1 Å². The quantitative estimate of drug-likeness (QED) is 0.399. The number of benzene rings is 2. The molecule has 0 spiro atoms. The van der Waals surface area contributed by atoms with Crippen LogP contribution in [0.5, 0.6) is 11.5 Å². The molecule has 0 unspecified atom stereocenters. The number of ether oxygens (including phenoxy) is 2. The Bertz CT molecular complexity index is 1310. The van der Waals surface area contributed by atoms with Crippen molar-refractivity contribution in [3.63, 3.8) is 0 Å². The van der Waals surface area contributed by atoms with E-state index in [2.05, 4.69) is 44.2 Å². The van der Waals surface area contributed by atoms with Crippen molar-refractivity contribution in [1.29, 1.82) is 0 Å². The number of sulfonamides is 1. The predicted octanol–water partition coefficient (Wildman–Crippen LogP) is 3.58. The Hall–Kier alpha value is -3.50. The third-order valence-electron chi connectivity index (χ3n) is 6.13. The zero-order chi connectivity index (χ0) is 25.7. The first-order valence-electron chi connectivity index (χ1n) is 11.9. The molecule has 10 heteroatoms. The lowest BCUT2D eigenvalue weighted by atomic mass is 10.00. The Kier molecular flexibility index (Phi) is 7.85. The van der Waals surface area contributed by atoms with Crippen LogP contribution in [0.1, 0.15) is 13.3 Å². The molecule has 2 heterocycles. The van der Waals surface area contributed by atoms with Crippen molar-refractivity contribution in [2.75, 3.05) is 61.5 Å². The summed E-state index contributed by atoms with van der Waals surface area (Å²) in [6.07, 6.45) is 2.23. The Labute approximate surface area is 212 Å². The van der Waals surface area contributed by atoms with Crippen molar-refractivity contribution >= 4 is 27.2 Å². The average Bonchev–Trinajstić information content (AvgIpc) is 2.89. The number of hydrogen-bond acceptors (Lipinski definition) is 8. The van der Waals surface area contributed by atoms with Crippen molar-refractivity contribution < 1.29 is 17.9 Å². The van der Waals surface area contributed by atoms with Gasteiger partial charge in [0.05, 0.1) is 25.7 Å².